The molecule has 2 aromatic carbocycles. The molecule has 0 saturated carbocycles. The van der Waals surface area contributed by atoms with Crippen molar-refractivity contribution in [2.75, 3.05) is 48.9 Å². The van der Waals surface area contributed by atoms with E-state index in [0.29, 0.717) is 30.9 Å². The lowest BCUT2D eigenvalue weighted by molar-refractivity contribution is -0.113. The molecule has 1 atom stereocenters. The van der Waals surface area contributed by atoms with Crippen LogP contribution < -0.4 is 20.8 Å². The van der Waals surface area contributed by atoms with E-state index in [2.05, 4.69) is 32.1 Å². The number of hydrogen-bond acceptors (Lipinski definition) is 9. The highest BCUT2D eigenvalue weighted by Crippen LogP contribution is 2.31. The molecule has 5 rings (SSSR count). The van der Waals surface area contributed by atoms with Crippen LogP contribution in [0.25, 0.3) is 0 Å². The highest BCUT2D eigenvalue weighted by atomic mass is 19.1. The Morgan fingerprint density at radius 1 is 1.14 bits per heavy atom. The van der Waals surface area contributed by atoms with Crippen LogP contribution in [0, 0.1) is 23.5 Å². The molecular weight excluding hydrogens is 546 g/mol. The number of nitrogens with zero attached hydrogens (tertiary/aromatic N) is 4. The number of nitrogen functional groups attached to an aromatic ring is 1. The fraction of sp³-hybridized carbons (Fsp3) is 0.233. The molecule has 1 unspecified atom stereocenters. The predicted molar refractivity (Wildman–Crippen MR) is 154 cm³/mol. The molecule has 0 spiro atoms. The van der Waals surface area contributed by atoms with Gasteiger partial charge in [-0.25, -0.2) is 18.8 Å². The summed E-state index contributed by atoms with van der Waals surface area (Å²) in [4.78, 5) is 19.3. The lowest BCUT2D eigenvalue weighted by Gasteiger charge is -2.28. The van der Waals surface area contributed by atoms with Gasteiger partial charge in [0.1, 0.15) is 22.9 Å². The topological polar surface area (TPSA) is 126 Å². The molecule has 1 fully saturated rings. The zero-order valence-corrected chi connectivity index (χ0v) is 22.5. The summed E-state index contributed by atoms with van der Waals surface area (Å²) in [6.07, 6.45) is 3.27. The van der Waals surface area contributed by atoms with E-state index in [9.17, 15) is 14.3 Å². The van der Waals surface area contributed by atoms with Gasteiger partial charge in [-0.3, -0.25) is 9.69 Å². The number of nitrogens with two attached hydrogens (primary N) is 1. The van der Waals surface area contributed by atoms with Crippen LogP contribution in [0.15, 0.2) is 71.5 Å². The summed E-state index contributed by atoms with van der Waals surface area (Å²) in [7, 11) is 0. The highest BCUT2D eigenvalue weighted by Gasteiger charge is 2.28. The third-order valence-electron chi connectivity index (χ3n) is 6.53. The standard InChI is InChI=1S/C30H28F2N6O4/c31-20-4-7-22(8-5-20)38-30(40)24(10-13-35-38)29(39)36-21-6-9-27(25(32)19-21)42-26-11-12-34-28(33)23(26)3-1-2-14-37-15-17-41-18-16-37/h4-13,19,30,40H,2,14-18H2,(H2,33,34)(H,36,39). The maximum Gasteiger partial charge on any atom is 0.256 e. The molecule has 1 aromatic heterocycles. The van der Waals surface area contributed by atoms with Gasteiger partial charge < -0.3 is 25.6 Å². The van der Waals surface area contributed by atoms with Gasteiger partial charge in [0, 0.05) is 56.3 Å². The summed E-state index contributed by atoms with van der Waals surface area (Å²) in [5.74, 6) is 4.50. The van der Waals surface area contributed by atoms with Gasteiger partial charge in [0.15, 0.2) is 17.8 Å². The van der Waals surface area contributed by atoms with Crippen molar-refractivity contribution in [2.24, 2.45) is 5.10 Å². The van der Waals surface area contributed by atoms with Crippen LogP contribution in [-0.2, 0) is 9.53 Å². The van der Waals surface area contributed by atoms with Crippen molar-refractivity contribution in [3.8, 4) is 23.3 Å². The van der Waals surface area contributed by atoms with Gasteiger partial charge >= 0.3 is 0 Å². The number of aliphatic hydroxyl groups excluding tert-OH is 1. The largest absolute Gasteiger partial charge is 0.453 e. The van der Waals surface area contributed by atoms with Crippen LogP contribution in [0.3, 0.4) is 0 Å². The molecule has 0 bridgehead atoms. The van der Waals surface area contributed by atoms with Gasteiger partial charge in [0.25, 0.3) is 5.91 Å². The minimum atomic E-state index is -1.45. The molecule has 1 amide bonds. The number of amides is 1. The Balaban J connectivity index is 1.24. The number of hydrogen-bond donors (Lipinski definition) is 3. The minimum absolute atomic E-state index is 0.0424. The third-order valence-corrected chi connectivity index (χ3v) is 6.53. The molecule has 2 aliphatic rings. The average Bonchev–Trinajstić information content (AvgIpc) is 2.99. The number of anilines is 3. The second-order valence-corrected chi connectivity index (χ2v) is 9.36. The van der Waals surface area contributed by atoms with E-state index < -0.39 is 23.8 Å². The second kappa shape index (κ2) is 13.2. The van der Waals surface area contributed by atoms with Crippen molar-refractivity contribution in [3.63, 3.8) is 0 Å². The van der Waals surface area contributed by atoms with E-state index in [1.54, 1.807) is 6.07 Å². The Bertz CT molecular complexity index is 1560. The summed E-state index contributed by atoms with van der Waals surface area (Å²) < 4.78 is 39.5. The van der Waals surface area contributed by atoms with E-state index in [0.717, 1.165) is 30.7 Å². The van der Waals surface area contributed by atoms with Gasteiger partial charge in [0.05, 0.1) is 24.5 Å². The first kappa shape index (κ1) is 28.7. The summed E-state index contributed by atoms with van der Waals surface area (Å²) in [6.45, 7) is 3.93. The van der Waals surface area contributed by atoms with Crippen molar-refractivity contribution in [3.05, 3.63) is 83.6 Å². The van der Waals surface area contributed by atoms with Crippen molar-refractivity contribution in [1.29, 1.82) is 0 Å². The van der Waals surface area contributed by atoms with Crippen molar-refractivity contribution >= 4 is 29.3 Å². The van der Waals surface area contributed by atoms with Crippen molar-refractivity contribution in [1.82, 2.24) is 9.88 Å². The monoisotopic (exact) mass is 574 g/mol. The van der Waals surface area contributed by atoms with Crippen LogP contribution >= 0.6 is 0 Å². The first-order valence-electron chi connectivity index (χ1n) is 13.2. The normalized spacial score (nSPS) is 16.8. The van der Waals surface area contributed by atoms with Crippen LogP contribution in [0.4, 0.5) is 26.0 Å². The Kier molecular flexibility index (Phi) is 9.03. The number of rotatable bonds is 7. The molecular formula is C30H28F2N6O4. The quantitative estimate of drug-likeness (QED) is 0.366. The van der Waals surface area contributed by atoms with Gasteiger partial charge in [0.2, 0.25) is 0 Å². The number of nitrogens with one attached hydrogen (secondary N) is 1. The number of aliphatic hydroxyl groups is 1. The Morgan fingerprint density at radius 2 is 1.93 bits per heavy atom. The predicted octanol–water partition coefficient (Wildman–Crippen LogP) is 3.50. The number of pyridine rings is 1. The second-order valence-electron chi connectivity index (χ2n) is 9.36. The van der Waals surface area contributed by atoms with Crippen LogP contribution in [0.1, 0.15) is 12.0 Å². The fourth-order valence-electron chi connectivity index (χ4n) is 4.30. The molecule has 3 aromatic rings. The molecule has 3 heterocycles. The van der Waals surface area contributed by atoms with Gasteiger partial charge in [-0.2, -0.15) is 5.10 Å². The number of ether oxygens (including phenoxy) is 2. The lowest BCUT2D eigenvalue weighted by Crippen LogP contribution is -2.39. The average molecular weight is 575 g/mol. The Morgan fingerprint density at radius 3 is 2.69 bits per heavy atom. The van der Waals surface area contributed by atoms with Gasteiger partial charge in [-0.15, -0.1) is 0 Å². The maximum absolute atomic E-state index is 15.1. The lowest BCUT2D eigenvalue weighted by atomic mass is 10.1. The van der Waals surface area contributed by atoms with E-state index in [1.807, 2.05) is 0 Å². The molecule has 2 aliphatic heterocycles. The van der Waals surface area contributed by atoms with E-state index in [4.69, 9.17) is 15.2 Å². The molecule has 216 valence electrons. The molecule has 10 nitrogen and oxygen atoms in total. The number of morpholine rings is 1. The van der Waals surface area contributed by atoms with Crippen LogP contribution in [-0.4, -0.2) is 66.2 Å². The molecule has 12 heteroatoms. The number of allylic oxidation sites excluding steroid dienone is 1. The first-order chi connectivity index (χ1) is 20.4. The van der Waals surface area contributed by atoms with Gasteiger partial charge in [-0.1, -0.05) is 11.8 Å². The maximum atomic E-state index is 15.1. The van der Waals surface area contributed by atoms with Crippen molar-refractivity contribution in [2.45, 2.75) is 12.6 Å². The highest BCUT2D eigenvalue weighted by molar-refractivity contribution is 6.07. The van der Waals surface area contributed by atoms with Crippen molar-refractivity contribution < 1.29 is 28.2 Å². The van der Waals surface area contributed by atoms with E-state index in [-0.39, 0.29) is 28.6 Å². The Hall–Kier alpha value is -4.83. The molecule has 0 radical (unpaired) electrons. The fourth-order valence-corrected chi connectivity index (χ4v) is 4.30. The minimum Gasteiger partial charge on any atom is -0.453 e. The SMILES string of the molecule is Nc1nccc(Oc2ccc(NC(=O)C3=CC=NN(c4ccc(F)cc4)C3O)cc2F)c1C#CCCN1CCOCC1. The van der Waals surface area contributed by atoms with E-state index in [1.165, 1.54) is 54.9 Å². The summed E-state index contributed by atoms with van der Waals surface area (Å²) in [5.41, 5.74) is 6.85. The number of aromatic nitrogens is 1. The number of hydrazone groups is 1. The zero-order chi connectivity index (χ0) is 29.5. The summed E-state index contributed by atoms with van der Waals surface area (Å²) >= 11 is 0. The molecule has 42 heavy (non-hydrogen) atoms. The summed E-state index contributed by atoms with van der Waals surface area (Å²) in [6, 6.07) is 10.7. The smallest absolute Gasteiger partial charge is 0.256 e. The molecule has 0 aliphatic carbocycles. The van der Waals surface area contributed by atoms with Crippen LogP contribution in [0.2, 0.25) is 0 Å². The summed E-state index contributed by atoms with van der Waals surface area (Å²) in [5, 5.41) is 18.5. The van der Waals surface area contributed by atoms with E-state index >= 15 is 4.39 Å². The van der Waals surface area contributed by atoms with Crippen LogP contribution in [0.5, 0.6) is 11.5 Å². The Labute approximate surface area is 241 Å². The zero-order valence-electron chi connectivity index (χ0n) is 22.5. The van der Waals surface area contributed by atoms with Gasteiger partial charge in [-0.05, 0) is 42.5 Å². The number of carbonyl (C=O) groups is 1. The number of benzene rings is 2. The number of carbonyl (C=O) groups excluding carboxylic acids is 1. The molecule has 4 N–H and O–H groups in total. The first-order valence-corrected chi connectivity index (χ1v) is 13.2. The number of halogens is 2. The third kappa shape index (κ3) is 6.90. The molecule has 1 saturated heterocycles.